The molecule has 0 saturated heterocycles. The van der Waals surface area contributed by atoms with Gasteiger partial charge in [0.05, 0.1) is 17.3 Å². The fourth-order valence-corrected chi connectivity index (χ4v) is 3.08. The van der Waals surface area contributed by atoms with Crippen molar-refractivity contribution in [2.45, 2.75) is 19.8 Å². The van der Waals surface area contributed by atoms with Crippen LogP contribution in [0.2, 0.25) is 10.0 Å². The van der Waals surface area contributed by atoms with Gasteiger partial charge in [0.1, 0.15) is 10.8 Å². The van der Waals surface area contributed by atoms with Crippen molar-refractivity contribution in [3.8, 4) is 17.4 Å². The summed E-state index contributed by atoms with van der Waals surface area (Å²) >= 11 is 12.0. The number of halogens is 2. The second-order valence-electron chi connectivity index (χ2n) is 6.62. The Balaban J connectivity index is 1.51. The van der Waals surface area contributed by atoms with Gasteiger partial charge in [0.2, 0.25) is 11.8 Å². The molecule has 0 bridgehead atoms. The normalized spacial score (nSPS) is 10.4. The second-order valence-corrected chi connectivity index (χ2v) is 7.46. The molecule has 0 saturated carbocycles. The molecular weight excluding hydrogens is 439 g/mol. The molecule has 0 radical (unpaired) electrons. The molecule has 0 fully saturated rings. The summed E-state index contributed by atoms with van der Waals surface area (Å²) in [6.07, 6.45) is 2.21. The minimum atomic E-state index is -0.179. The maximum Gasteiger partial charge on any atom is 0.238 e. The molecule has 2 aromatic carbocycles. The van der Waals surface area contributed by atoms with Crippen LogP contribution in [0, 0.1) is 0 Å². The van der Waals surface area contributed by atoms with Crippen LogP contribution in [0.1, 0.15) is 30.1 Å². The highest BCUT2D eigenvalue weighted by Gasteiger charge is 2.11. The van der Waals surface area contributed by atoms with E-state index in [1.54, 1.807) is 48.5 Å². The second kappa shape index (κ2) is 10.8. The van der Waals surface area contributed by atoms with Crippen molar-refractivity contribution in [2.24, 2.45) is 0 Å². The van der Waals surface area contributed by atoms with E-state index in [9.17, 15) is 9.59 Å². The molecule has 0 unspecified atom stereocenters. The highest BCUT2D eigenvalue weighted by molar-refractivity contribution is 6.35. The van der Waals surface area contributed by atoms with Gasteiger partial charge in [-0.25, -0.2) is 4.98 Å². The summed E-state index contributed by atoms with van der Waals surface area (Å²) in [5.41, 5.74) is 1.13. The molecule has 31 heavy (non-hydrogen) atoms. The minimum Gasteiger partial charge on any atom is -0.494 e. The lowest BCUT2D eigenvalue weighted by Crippen LogP contribution is -2.13. The standard InChI is InChI=1S/C23H20Cl2N2O4/c1-15(28)16-8-10-18(11-9-16)30-12-4-7-22(29)27-20-5-2-3-6-21(20)31-23-19(25)13-17(24)14-26-23/h2-3,5-6,8-11,13-14H,4,7,12H2,1H3,(H,27,29). The number of nitrogens with one attached hydrogen (secondary N) is 1. The molecule has 3 rings (SSSR count). The molecule has 0 atom stereocenters. The molecule has 1 heterocycles. The van der Waals surface area contributed by atoms with Gasteiger partial charge in [-0.2, -0.15) is 0 Å². The SMILES string of the molecule is CC(=O)c1ccc(OCCCC(=O)Nc2ccccc2Oc2ncc(Cl)cc2Cl)cc1. The maximum atomic E-state index is 12.3. The van der Waals surface area contributed by atoms with Crippen molar-refractivity contribution in [1.82, 2.24) is 4.98 Å². The predicted octanol–water partition coefficient (Wildman–Crippen LogP) is 6.18. The summed E-state index contributed by atoms with van der Waals surface area (Å²) in [6, 6.07) is 15.4. The highest BCUT2D eigenvalue weighted by atomic mass is 35.5. The van der Waals surface area contributed by atoms with E-state index in [-0.39, 0.29) is 29.0 Å². The van der Waals surface area contributed by atoms with Crippen molar-refractivity contribution >= 4 is 40.6 Å². The Bertz CT molecular complexity index is 1070. The molecular formula is C23H20Cl2N2O4. The third-order valence-electron chi connectivity index (χ3n) is 4.22. The Labute approximate surface area is 190 Å². The zero-order valence-corrected chi connectivity index (χ0v) is 18.2. The van der Waals surface area contributed by atoms with Crippen LogP contribution in [0.15, 0.2) is 60.8 Å². The van der Waals surface area contributed by atoms with Gasteiger partial charge in [-0.05, 0) is 55.8 Å². The van der Waals surface area contributed by atoms with Crippen molar-refractivity contribution in [2.75, 3.05) is 11.9 Å². The van der Waals surface area contributed by atoms with E-state index in [0.717, 1.165) is 0 Å². The first-order valence-corrected chi connectivity index (χ1v) is 10.3. The number of ketones is 1. The van der Waals surface area contributed by atoms with Crippen LogP contribution in [0.4, 0.5) is 5.69 Å². The number of amides is 1. The molecule has 0 aliphatic heterocycles. The van der Waals surface area contributed by atoms with E-state index in [2.05, 4.69) is 10.3 Å². The summed E-state index contributed by atoms with van der Waals surface area (Å²) in [5.74, 6) is 1.08. The van der Waals surface area contributed by atoms with Gasteiger partial charge in [0, 0.05) is 18.2 Å². The third kappa shape index (κ3) is 6.70. The van der Waals surface area contributed by atoms with Gasteiger partial charge < -0.3 is 14.8 Å². The Morgan fingerprint density at radius 1 is 1.06 bits per heavy atom. The lowest BCUT2D eigenvalue weighted by molar-refractivity contribution is -0.116. The molecule has 3 aromatic rings. The van der Waals surface area contributed by atoms with E-state index < -0.39 is 0 Å². The fourth-order valence-electron chi connectivity index (χ4n) is 2.66. The Hall–Kier alpha value is -3.09. The van der Waals surface area contributed by atoms with Crippen LogP contribution in [0.5, 0.6) is 17.4 Å². The van der Waals surface area contributed by atoms with Crippen LogP contribution in [0.3, 0.4) is 0 Å². The topological polar surface area (TPSA) is 77.5 Å². The van der Waals surface area contributed by atoms with Crippen molar-refractivity contribution in [3.05, 3.63) is 76.4 Å². The number of para-hydroxylation sites is 2. The minimum absolute atomic E-state index is 0.00148. The van der Waals surface area contributed by atoms with E-state index in [1.807, 2.05) is 0 Å². The zero-order chi connectivity index (χ0) is 22.2. The first-order valence-electron chi connectivity index (χ1n) is 9.54. The molecule has 8 heteroatoms. The fraction of sp³-hybridized carbons (Fsp3) is 0.174. The first-order chi connectivity index (χ1) is 14.9. The summed E-state index contributed by atoms with van der Waals surface area (Å²) < 4.78 is 11.4. The average Bonchev–Trinajstić information content (AvgIpc) is 2.75. The summed E-state index contributed by atoms with van der Waals surface area (Å²) in [4.78, 5) is 27.7. The number of hydrogen-bond donors (Lipinski definition) is 1. The van der Waals surface area contributed by atoms with Crippen LogP contribution < -0.4 is 14.8 Å². The Morgan fingerprint density at radius 3 is 2.52 bits per heavy atom. The number of Topliss-reactive ketones (excluding diaryl/α,β-unsaturated/α-hetero) is 1. The maximum absolute atomic E-state index is 12.3. The molecule has 0 aliphatic rings. The lowest BCUT2D eigenvalue weighted by atomic mass is 10.1. The van der Waals surface area contributed by atoms with Crippen LogP contribution in [0.25, 0.3) is 0 Å². The smallest absolute Gasteiger partial charge is 0.238 e. The number of benzene rings is 2. The number of rotatable bonds is 9. The van der Waals surface area contributed by atoms with E-state index in [4.69, 9.17) is 32.7 Å². The predicted molar refractivity (Wildman–Crippen MR) is 121 cm³/mol. The molecule has 1 amide bonds. The molecule has 1 aromatic heterocycles. The van der Waals surface area contributed by atoms with Gasteiger partial charge in [-0.15, -0.1) is 0 Å². The number of carbonyl (C=O) groups excluding carboxylic acids is 2. The molecule has 6 nitrogen and oxygen atoms in total. The monoisotopic (exact) mass is 458 g/mol. The molecule has 1 N–H and O–H groups in total. The largest absolute Gasteiger partial charge is 0.494 e. The molecule has 0 aliphatic carbocycles. The summed E-state index contributed by atoms with van der Waals surface area (Å²) in [5, 5.41) is 3.49. The number of ether oxygens (including phenoxy) is 2. The van der Waals surface area contributed by atoms with Crippen molar-refractivity contribution in [3.63, 3.8) is 0 Å². The van der Waals surface area contributed by atoms with Crippen molar-refractivity contribution < 1.29 is 19.1 Å². The summed E-state index contributed by atoms with van der Waals surface area (Å²) in [7, 11) is 0. The van der Waals surface area contributed by atoms with Gasteiger partial charge >= 0.3 is 0 Å². The van der Waals surface area contributed by atoms with Crippen LogP contribution in [-0.2, 0) is 4.79 Å². The van der Waals surface area contributed by atoms with Crippen molar-refractivity contribution in [1.29, 1.82) is 0 Å². The van der Waals surface area contributed by atoms with Gasteiger partial charge in [-0.3, -0.25) is 9.59 Å². The van der Waals surface area contributed by atoms with Gasteiger partial charge in [0.25, 0.3) is 0 Å². The average molecular weight is 459 g/mol. The number of pyridine rings is 1. The Kier molecular flexibility index (Phi) is 7.87. The molecule has 0 spiro atoms. The van der Waals surface area contributed by atoms with E-state index in [1.165, 1.54) is 19.2 Å². The number of anilines is 1. The number of hydrogen-bond acceptors (Lipinski definition) is 5. The highest BCUT2D eigenvalue weighted by Crippen LogP contribution is 2.33. The lowest BCUT2D eigenvalue weighted by Gasteiger charge is -2.12. The molecule has 160 valence electrons. The number of aromatic nitrogens is 1. The van der Waals surface area contributed by atoms with Crippen LogP contribution >= 0.6 is 23.2 Å². The van der Waals surface area contributed by atoms with E-state index in [0.29, 0.717) is 40.8 Å². The van der Waals surface area contributed by atoms with Crippen LogP contribution in [-0.4, -0.2) is 23.3 Å². The first kappa shape index (κ1) is 22.6. The van der Waals surface area contributed by atoms with Gasteiger partial charge in [-0.1, -0.05) is 35.3 Å². The zero-order valence-electron chi connectivity index (χ0n) is 16.7. The summed E-state index contributed by atoms with van der Waals surface area (Å²) in [6.45, 7) is 1.88. The number of carbonyl (C=O) groups is 2. The van der Waals surface area contributed by atoms with E-state index >= 15 is 0 Å². The quantitative estimate of drug-likeness (QED) is 0.305. The van der Waals surface area contributed by atoms with Gasteiger partial charge in [0.15, 0.2) is 11.5 Å². The third-order valence-corrected chi connectivity index (χ3v) is 4.70. The Morgan fingerprint density at radius 2 is 1.81 bits per heavy atom. The number of nitrogens with zero attached hydrogens (tertiary/aromatic N) is 1.